The van der Waals surface area contributed by atoms with Crippen LogP contribution in [0.1, 0.15) is 23.3 Å². The quantitative estimate of drug-likeness (QED) is 0.693. The van der Waals surface area contributed by atoms with Crippen LogP contribution in [-0.4, -0.2) is 49.9 Å². The highest BCUT2D eigenvalue weighted by atomic mass is 32.2. The maximum Gasteiger partial charge on any atom is 0.270 e. The van der Waals surface area contributed by atoms with E-state index in [4.69, 9.17) is 0 Å². The van der Waals surface area contributed by atoms with Crippen LogP contribution in [0.5, 0.6) is 0 Å². The zero-order valence-electron chi connectivity index (χ0n) is 15.7. The number of aromatic nitrogens is 1. The first kappa shape index (κ1) is 18.7. The fourth-order valence-corrected chi connectivity index (χ4v) is 7.11. The second-order valence-electron chi connectivity index (χ2n) is 7.80. The van der Waals surface area contributed by atoms with Crippen LogP contribution in [-0.2, 0) is 9.84 Å². The van der Waals surface area contributed by atoms with E-state index >= 15 is 0 Å². The van der Waals surface area contributed by atoms with Gasteiger partial charge in [0.25, 0.3) is 5.91 Å². The number of amides is 1. The van der Waals surface area contributed by atoms with E-state index in [1.807, 2.05) is 0 Å². The van der Waals surface area contributed by atoms with Crippen LogP contribution in [0.25, 0.3) is 10.1 Å². The Morgan fingerprint density at radius 3 is 2.83 bits per heavy atom. The average Bonchev–Trinajstić information content (AvgIpc) is 3.31. The molecule has 2 fully saturated rings. The highest BCUT2D eigenvalue weighted by Crippen LogP contribution is 2.33. The summed E-state index contributed by atoms with van der Waals surface area (Å²) in [4.78, 5) is 19.9. The lowest BCUT2D eigenvalue weighted by molar-refractivity contribution is 0.0904. The molecule has 1 amide bonds. The van der Waals surface area contributed by atoms with Gasteiger partial charge in [-0.2, -0.15) is 0 Å². The van der Waals surface area contributed by atoms with Gasteiger partial charge in [-0.05, 0) is 43.5 Å². The molecule has 4 heterocycles. The predicted octanol–water partition coefficient (Wildman–Crippen LogP) is 2.95. The van der Waals surface area contributed by atoms with E-state index in [-0.39, 0.29) is 27.4 Å². The number of benzene rings is 1. The van der Waals surface area contributed by atoms with Crippen LogP contribution in [0.2, 0.25) is 0 Å². The molecule has 1 N–H and O–H groups in total. The SMILES string of the molecule is O=C(NC1CC2CCN(C2)C1)c1cc2c(S(=O)(=O)c3ccccc3)csc2cn1. The number of carbonyl (C=O) groups excluding carboxylic acids is 1. The van der Waals surface area contributed by atoms with Crippen molar-refractivity contribution in [1.82, 2.24) is 15.2 Å². The summed E-state index contributed by atoms with van der Waals surface area (Å²) in [5.74, 6) is 0.414. The molecule has 2 saturated heterocycles. The highest BCUT2D eigenvalue weighted by Gasteiger charge is 2.33. The van der Waals surface area contributed by atoms with Gasteiger partial charge in [-0.3, -0.25) is 4.79 Å². The Labute approximate surface area is 173 Å². The van der Waals surface area contributed by atoms with Gasteiger partial charge in [-0.15, -0.1) is 11.3 Å². The molecule has 2 aliphatic heterocycles. The Kier molecular flexibility index (Phi) is 4.64. The van der Waals surface area contributed by atoms with Crippen LogP contribution >= 0.6 is 11.3 Å². The van der Waals surface area contributed by atoms with Crippen molar-refractivity contribution in [2.75, 3.05) is 19.6 Å². The van der Waals surface area contributed by atoms with E-state index in [9.17, 15) is 13.2 Å². The van der Waals surface area contributed by atoms with Crippen molar-refractivity contribution in [1.29, 1.82) is 0 Å². The van der Waals surface area contributed by atoms with Gasteiger partial charge in [0.2, 0.25) is 9.84 Å². The van der Waals surface area contributed by atoms with Crippen molar-refractivity contribution in [3.8, 4) is 0 Å². The van der Waals surface area contributed by atoms with E-state index in [0.717, 1.165) is 30.8 Å². The third-order valence-electron chi connectivity index (χ3n) is 5.80. The van der Waals surface area contributed by atoms with Gasteiger partial charge < -0.3 is 10.2 Å². The molecule has 8 heteroatoms. The number of pyridine rings is 1. The number of fused-ring (bicyclic) bond motifs is 3. The highest BCUT2D eigenvalue weighted by molar-refractivity contribution is 7.92. The van der Waals surface area contributed by atoms with Crippen LogP contribution in [0.4, 0.5) is 0 Å². The van der Waals surface area contributed by atoms with E-state index in [1.165, 1.54) is 17.8 Å². The van der Waals surface area contributed by atoms with Crippen molar-refractivity contribution in [2.24, 2.45) is 5.92 Å². The molecule has 0 aliphatic carbocycles. The summed E-state index contributed by atoms with van der Waals surface area (Å²) < 4.78 is 26.9. The largest absolute Gasteiger partial charge is 0.347 e. The first-order valence-corrected chi connectivity index (χ1v) is 12.1. The standard InChI is InChI=1S/C21H21N3O3S2/c25-21(23-15-8-14-6-7-24(11-14)12-15)18-9-17-19(10-22-18)28-13-20(17)29(26,27)16-4-2-1-3-5-16/h1-5,9-10,13-15H,6-8,11-12H2,(H,23,25). The summed E-state index contributed by atoms with van der Waals surface area (Å²) in [5.41, 5.74) is 0.258. The third kappa shape index (κ3) is 3.45. The summed E-state index contributed by atoms with van der Waals surface area (Å²) in [6.45, 7) is 3.11. The molecule has 2 aliphatic rings. The topological polar surface area (TPSA) is 79.4 Å². The molecule has 2 bridgehead atoms. The Hall–Kier alpha value is -2.29. The van der Waals surface area contributed by atoms with Crippen LogP contribution in [0.3, 0.4) is 0 Å². The molecule has 0 radical (unpaired) electrons. The Balaban J connectivity index is 1.44. The number of piperidine rings is 1. The molecule has 2 aromatic heterocycles. The second-order valence-corrected chi connectivity index (χ2v) is 10.6. The Bertz CT molecular complexity index is 1160. The summed E-state index contributed by atoms with van der Waals surface area (Å²) in [6, 6.07) is 10.1. The van der Waals surface area contributed by atoms with E-state index < -0.39 is 9.84 Å². The predicted molar refractivity (Wildman–Crippen MR) is 112 cm³/mol. The van der Waals surface area contributed by atoms with Crippen molar-refractivity contribution >= 4 is 37.2 Å². The van der Waals surface area contributed by atoms with Gasteiger partial charge >= 0.3 is 0 Å². The zero-order valence-corrected chi connectivity index (χ0v) is 17.4. The molecule has 0 saturated carbocycles. The minimum Gasteiger partial charge on any atom is -0.347 e. The smallest absolute Gasteiger partial charge is 0.270 e. The fourth-order valence-electron chi connectivity index (χ4n) is 4.39. The van der Waals surface area contributed by atoms with E-state index in [0.29, 0.717) is 11.3 Å². The molecule has 3 atom stereocenters. The number of rotatable bonds is 4. The van der Waals surface area contributed by atoms with Crippen LogP contribution < -0.4 is 5.32 Å². The number of sulfone groups is 1. The lowest BCUT2D eigenvalue weighted by atomic mass is 9.97. The fraction of sp³-hybridized carbons (Fsp3) is 0.333. The zero-order chi connectivity index (χ0) is 20.0. The molecule has 1 aromatic carbocycles. The van der Waals surface area contributed by atoms with Crippen molar-refractivity contribution in [2.45, 2.75) is 28.7 Å². The van der Waals surface area contributed by atoms with Gasteiger partial charge in [0.15, 0.2) is 0 Å². The molecule has 6 nitrogen and oxygen atoms in total. The number of thiophene rings is 1. The second kappa shape index (κ2) is 7.19. The normalized spacial score (nSPS) is 23.9. The maximum absolute atomic E-state index is 13.1. The number of carbonyl (C=O) groups is 1. The van der Waals surface area contributed by atoms with E-state index in [2.05, 4.69) is 15.2 Å². The molecule has 0 spiro atoms. The Morgan fingerprint density at radius 2 is 2.03 bits per heavy atom. The minimum absolute atomic E-state index is 0.122. The Morgan fingerprint density at radius 1 is 1.21 bits per heavy atom. The van der Waals surface area contributed by atoms with Gasteiger partial charge in [-0.1, -0.05) is 18.2 Å². The van der Waals surface area contributed by atoms with Crippen LogP contribution in [0, 0.1) is 5.92 Å². The van der Waals surface area contributed by atoms with Gasteiger partial charge in [-0.25, -0.2) is 13.4 Å². The van der Waals surface area contributed by atoms with Gasteiger partial charge in [0, 0.05) is 36.1 Å². The monoisotopic (exact) mass is 427 g/mol. The van der Waals surface area contributed by atoms with Crippen molar-refractivity contribution in [3.63, 3.8) is 0 Å². The molecule has 29 heavy (non-hydrogen) atoms. The number of nitrogens with one attached hydrogen (secondary N) is 1. The lowest BCUT2D eigenvalue weighted by Crippen LogP contribution is -2.47. The molecule has 3 unspecified atom stereocenters. The molecule has 150 valence electrons. The number of hydrogen-bond donors (Lipinski definition) is 1. The third-order valence-corrected chi connectivity index (χ3v) is 8.69. The summed E-state index contributed by atoms with van der Waals surface area (Å²) >= 11 is 1.32. The first-order chi connectivity index (χ1) is 14.0. The molecule has 5 rings (SSSR count). The average molecular weight is 428 g/mol. The molecule has 3 aromatic rings. The lowest BCUT2D eigenvalue weighted by Gasteiger charge is -2.30. The number of hydrogen-bond acceptors (Lipinski definition) is 6. The summed E-state index contributed by atoms with van der Waals surface area (Å²) in [5, 5.41) is 5.27. The van der Waals surface area contributed by atoms with Gasteiger partial charge in [0.05, 0.1) is 14.5 Å². The summed E-state index contributed by atoms with van der Waals surface area (Å²) in [7, 11) is -3.65. The summed E-state index contributed by atoms with van der Waals surface area (Å²) in [6.07, 6.45) is 3.79. The molecular formula is C21H21N3O3S2. The van der Waals surface area contributed by atoms with Crippen molar-refractivity contribution in [3.05, 3.63) is 53.7 Å². The maximum atomic E-state index is 13.1. The van der Waals surface area contributed by atoms with Crippen LogP contribution in [0.15, 0.2) is 57.8 Å². The van der Waals surface area contributed by atoms with E-state index in [1.54, 1.807) is 48.0 Å². The molecular weight excluding hydrogens is 406 g/mol. The van der Waals surface area contributed by atoms with Crippen molar-refractivity contribution < 1.29 is 13.2 Å². The first-order valence-electron chi connectivity index (χ1n) is 9.71. The van der Waals surface area contributed by atoms with Gasteiger partial charge in [0.1, 0.15) is 5.69 Å². The number of nitrogens with zero attached hydrogens (tertiary/aromatic N) is 2. The minimum atomic E-state index is -3.65.